The van der Waals surface area contributed by atoms with E-state index >= 15 is 0 Å². The van der Waals surface area contributed by atoms with Gasteiger partial charge in [0.1, 0.15) is 5.82 Å². The molecule has 1 aromatic heterocycles. The third kappa shape index (κ3) is 3.71. The van der Waals surface area contributed by atoms with E-state index in [1.807, 2.05) is 0 Å². The molecule has 21 heavy (non-hydrogen) atoms. The first kappa shape index (κ1) is 15.7. The number of nitrogens with one attached hydrogen (secondary N) is 3. The van der Waals surface area contributed by atoms with Gasteiger partial charge in [-0.3, -0.25) is 9.89 Å². The van der Waals surface area contributed by atoms with Gasteiger partial charge in [-0.2, -0.15) is 5.10 Å². The van der Waals surface area contributed by atoms with E-state index in [0.717, 1.165) is 25.9 Å². The molecule has 0 radical (unpaired) electrons. The Morgan fingerprint density at radius 2 is 2.33 bits per heavy atom. The largest absolute Gasteiger partial charge is 0.316 e. The minimum absolute atomic E-state index is 0. The van der Waals surface area contributed by atoms with Crippen LogP contribution in [0.4, 0.5) is 10.2 Å². The van der Waals surface area contributed by atoms with Gasteiger partial charge in [0.15, 0.2) is 5.82 Å². The van der Waals surface area contributed by atoms with Crippen LogP contribution in [0.5, 0.6) is 0 Å². The number of aromatic nitrogens is 2. The molecule has 0 bridgehead atoms. The monoisotopic (exact) mass is 312 g/mol. The molecule has 1 unspecified atom stereocenters. The molecule has 0 spiro atoms. The highest BCUT2D eigenvalue weighted by Crippen LogP contribution is 2.22. The summed E-state index contributed by atoms with van der Waals surface area (Å²) in [5, 5.41) is 13.4. The molecule has 5 nitrogen and oxygen atoms in total. The first-order valence-electron chi connectivity index (χ1n) is 6.86. The fourth-order valence-corrected chi connectivity index (χ4v) is 2.57. The molecule has 2 heterocycles. The number of amides is 1. The van der Waals surface area contributed by atoms with E-state index < -0.39 is 0 Å². The second-order valence-corrected chi connectivity index (χ2v) is 5.21. The van der Waals surface area contributed by atoms with Crippen molar-refractivity contribution in [3.05, 3.63) is 24.0 Å². The minimum atomic E-state index is -0.341. The van der Waals surface area contributed by atoms with Crippen molar-refractivity contribution in [3.8, 4) is 0 Å². The van der Waals surface area contributed by atoms with Gasteiger partial charge < -0.3 is 10.6 Å². The zero-order valence-electron chi connectivity index (χ0n) is 11.5. The predicted molar refractivity (Wildman–Crippen MR) is 82.1 cm³/mol. The van der Waals surface area contributed by atoms with Crippen LogP contribution in [0.3, 0.4) is 0 Å². The Morgan fingerprint density at radius 3 is 3.10 bits per heavy atom. The first-order valence-corrected chi connectivity index (χ1v) is 6.86. The van der Waals surface area contributed by atoms with E-state index in [2.05, 4.69) is 20.8 Å². The maximum absolute atomic E-state index is 13.2. The van der Waals surface area contributed by atoms with Gasteiger partial charge in [0.25, 0.3) is 0 Å². The number of benzene rings is 1. The molecule has 1 amide bonds. The highest BCUT2D eigenvalue weighted by Gasteiger charge is 2.16. The van der Waals surface area contributed by atoms with Crippen molar-refractivity contribution in [2.75, 3.05) is 18.4 Å². The molecule has 1 atom stereocenters. The second kappa shape index (κ2) is 6.87. The van der Waals surface area contributed by atoms with Gasteiger partial charge in [0.2, 0.25) is 5.91 Å². The van der Waals surface area contributed by atoms with Gasteiger partial charge in [-0.15, -0.1) is 12.4 Å². The number of carbonyl (C=O) groups is 1. The molecular formula is C14H18ClFN4O. The molecule has 114 valence electrons. The molecule has 3 rings (SSSR count). The fraction of sp³-hybridized carbons (Fsp3) is 0.429. The molecule has 1 aromatic carbocycles. The van der Waals surface area contributed by atoms with Crippen molar-refractivity contribution in [3.63, 3.8) is 0 Å². The third-order valence-corrected chi connectivity index (χ3v) is 3.72. The van der Waals surface area contributed by atoms with E-state index in [1.54, 1.807) is 6.07 Å². The number of aromatic amines is 1. The molecule has 0 saturated carbocycles. The van der Waals surface area contributed by atoms with E-state index in [4.69, 9.17) is 0 Å². The van der Waals surface area contributed by atoms with Gasteiger partial charge in [-0.25, -0.2) is 4.39 Å². The van der Waals surface area contributed by atoms with E-state index in [-0.39, 0.29) is 24.1 Å². The van der Waals surface area contributed by atoms with Crippen molar-refractivity contribution in [2.24, 2.45) is 5.92 Å². The Balaban J connectivity index is 0.00000161. The topological polar surface area (TPSA) is 69.8 Å². The number of rotatable bonds is 4. The number of halogens is 2. The lowest BCUT2D eigenvalue weighted by Gasteiger charge is -2.07. The zero-order valence-corrected chi connectivity index (χ0v) is 12.3. The summed E-state index contributed by atoms with van der Waals surface area (Å²) in [5.41, 5.74) is 0.710. The number of nitrogens with zero attached hydrogens (tertiary/aromatic N) is 1. The summed E-state index contributed by atoms with van der Waals surface area (Å²) in [4.78, 5) is 11.9. The average Bonchev–Trinajstić information content (AvgIpc) is 3.07. The van der Waals surface area contributed by atoms with Crippen molar-refractivity contribution in [2.45, 2.75) is 19.3 Å². The van der Waals surface area contributed by atoms with Gasteiger partial charge in [0.05, 0.1) is 5.52 Å². The lowest BCUT2D eigenvalue weighted by molar-refractivity contribution is -0.116. The first-order chi connectivity index (χ1) is 9.72. The van der Waals surface area contributed by atoms with Crippen LogP contribution in [0.2, 0.25) is 0 Å². The summed E-state index contributed by atoms with van der Waals surface area (Å²) in [7, 11) is 0. The number of hydrogen-bond donors (Lipinski definition) is 3. The average molecular weight is 313 g/mol. The van der Waals surface area contributed by atoms with Gasteiger partial charge in [-0.05, 0) is 50.0 Å². The predicted octanol–water partition coefficient (Wildman–Crippen LogP) is 2.45. The van der Waals surface area contributed by atoms with Crippen LogP contribution in [0.1, 0.15) is 19.3 Å². The van der Waals surface area contributed by atoms with Crippen LogP contribution in [0.15, 0.2) is 18.2 Å². The van der Waals surface area contributed by atoms with Crippen molar-refractivity contribution in [1.29, 1.82) is 0 Å². The Bertz CT molecular complexity index is 624. The molecule has 1 aliphatic rings. The lowest BCUT2D eigenvalue weighted by atomic mass is 10.0. The maximum Gasteiger partial charge on any atom is 0.225 e. The van der Waals surface area contributed by atoms with Gasteiger partial charge >= 0.3 is 0 Å². The van der Waals surface area contributed by atoms with Crippen LogP contribution in [-0.4, -0.2) is 29.2 Å². The molecule has 2 aromatic rings. The number of H-pyrrole nitrogens is 1. The summed E-state index contributed by atoms with van der Waals surface area (Å²) in [6.07, 6.45) is 2.47. The van der Waals surface area contributed by atoms with Crippen molar-refractivity contribution >= 4 is 35.0 Å². The molecular weight excluding hydrogens is 295 g/mol. The highest BCUT2D eigenvalue weighted by atomic mass is 35.5. The van der Waals surface area contributed by atoms with Crippen LogP contribution in [0.25, 0.3) is 10.9 Å². The normalized spacial score (nSPS) is 17.7. The Labute approximate surface area is 128 Å². The van der Waals surface area contributed by atoms with Gasteiger partial charge in [-0.1, -0.05) is 0 Å². The van der Waals surface area contributed by atoms with Crippen LogP contribution >= 0.6 is 12.4 Å². The SMILES string of the molecule is Cl.O=C(CCC1CCNC1)Nc1n[nH]c2ccc(F)cc12. The van der Waals surface area contributed by atoms with Crippen LogP contribution in [0, 0.1) is 11.7 Å². The summed E-state index contributed by atoms with van der Waals surface area (Å²) >= 11 is 0. The van der Waals surface area contributed by atoms with Crippen LogP contribution in [-0.2, 0) is 4.79 Å². The molecule has 3 N–H and O–H groups in total. The van der Waals surface area contributed by atoms with Crippen molar-refractivity contribution in [1.82, 2.24) is 15.5 Å². The second-order valence-electron chi connectivity index (χ2n) is 5.21. The molecule has 1 fully saturated rings. The summed E-state index contributed by atoms with van der Waals surface area (Å²) < 4.78 is 13.2. The molecule has 7 heteroatoms. The number of fused-ring (bicyclic) bond motifs is 1. The summed E-state index contributed by atoms with van der Waals surface area (Å²) in [6, 6.07) is 4.34. The number of carbonyl (C=O) groups excluding carboxylic acids is 1. The Hall–Kier alpha value is -1.66. The van der Waals surface area contributed by atoms with E-state index in [0.29, 0.717) is 29.1 Å². The molecule has 1 aliphatic heterocycles. The minimum Gasteiger partial charge on any atom is -0.316 e. The molecule has 1 saturated heterocycles. The van der Waals surface area contributed by atoms with E-state index in [9.17, 15) is 9.18 Å². The third-order valence-electron chi connectivity index (χ3n) is 3.72. The standard InChI is InChI=1S/C14H17FN4O.ClH/c15-10-2-3-12-11(7-10)14(19-18-12)17-13(20)4-1-9-5-6-16-8-9;/h2-3,7,9,16H,1,4-6,8H2,(H2,17,18,19,20);1H. The summed E-state index contributed by atoms with van der Waals surface area (Å²) in [5.74, 6) is 0.559. The number of hydrogen-bond acceptors (Lipinski definition) is 3. The smallest absolute Gasteiger partial charge is 0.225 e. The van der Waals surface area contributed by atoms with Crippen LogP contribution < -0.4 is 10.6 Å². The lowest BCUT2D eigenvalue weighted by Crippen LogP contribution is -2.15. The summed E-state index contributed by atoms with van der Waals surface area (Å²) in [6.45, 7) is 2.03. The highest BCUT2D eigenvalue weighted by molar-refractivity contribution is 5.99. The van der Waals surface area contributed by atoms with E-state index in [1.165, 1.54) is 12.1 Å². The Kier molecular flexibility index (Phi) is 5.14. The quantitative estimate of drug-likeness (QED) is 0.812. The fourth-order valence-electron chi connectivity index (χ4n) is 2.57. The van der Waals surface area contributed by atoms with Crippen molar-refractivity contribution < 1.29 is 9.18 Å². The Morgan fingerprint density at radius 1 is 1.48 bits per heavy atom. The van der Waals surface area contributed by atoms with Gasteiger partial charge in [0, 0.05) is 11.8 Å². The number of anilines is 1. The maximum atomic E-state index is 13.2. The molecule has 0 aliphatic carbocycles. The zero-order chi connectivity index (χ0) is 13.9.